The van der Waals surface area contributed by atoms with Gasteiger partial charge in [-0.15, -0.1) is 0 Å². The molecule has 0 aromatic heterocycles. The first-order chi connectivity index (χ1) is 5.84. The first-order valence-electron chi connectivity index (χ1n) is 3.98. The fourth-order valence-electron chi connectivity index (χ4n) is 1.11. The van der Waals surface area contributed by atoms with E-state index >= 15 is 0 Å². The van der Waals surface area contributed by atoms with Gasteiger partial charge in [-0.2, -0.15) is 0 Å². The average Bonchev–Trinajstić information content (AvgIpc) is 1.98. The molecule has 0 bridgehead atoms. The van der Waals surface area contributed by atoms with E-state index in [1.165, 1.54) is 6.07 Å². The van der Waals surface area contributed by atoms with E-state index in [1.807, 2.05) is 20.8 Å². The molecule has 3 heteroatoms. The highest BCUT2D eigenvalue weighted by molar-refractivity contribution is 6.35. The maximum Gasteiger partial charge on any atom is 0.160 e. The summed E-state index contributed by atoms with van der Waals surface area (Å²) in [6.07, 6.45) is 0. The summed E-state index contributed by atoms with van der Waals surface area (Å²) < 4.78 is 13.3. The maximum atomic E-state index is 13.3. The van der Waals surface area contributed by atoms with E-state index in [1.54, 1.807) is 6.07 Å². The minimum absolute atomic E-state index is 0.0676. The van der Waals surface area contributed by atoms with Crippen LogP contribution < -0.4 is 0 Å². The van der Waals surface area contributed by atoms with E-state index in [9.17, 15) is 4.39 Å². The van der Waals surface area contributed by atoms with Gasteiger partial charge in [-0.05, 0) is 17.0 Å². The number of rotatable bonds is 0. The first kappa shape index (κ1) is 10.8. The van der Waals surface area contributed by atoms with Crippen molar-refractivity contribution in [2.24, 2.45) is 0 Å². The zero-order chi connectivity index (χ0) is 10.2. The molecule has 0 unspecified atom stereocenters. The predicted octanol–water partition coefficient (Wildman–Crippen LogP) is 4.43. The summed E-state index contributed by atoms with van der Waals surface area (Å²) in [4.78, 5) is 0. The molecule has 0 saturated carbocycles. The first-order valence-corrected chi connectivity index (χ1v) is 4.73. The van der Waals surface area contributed by atoms with E-state index in [4.69, 9.17) is 23.2 Å². The van der Waals surface area contributed by atoms with Gasteiger partial charge < -0.3 is 0 Å². The highest BCUT2D eigenvalue weighted by Gasteiger charge is 2.20. The molecule has 0 nitrogen and oxygen atoms in total. The molecule has 0 heterocycles. The van der Waals surface area contributed by atoms with Crippen LogP contribution in [0.3, 0.4) is 0 Å². The van der Waals surface area contributed by atoms with Crippen molar-refractivity contribution in [3.63, 3.8) is 0 Å². The minimum Gasteiger partial charge on any atom is -0.204 e. The van der Waals surface area contributed by atoms with Crippen LogP contribution in [0, 0.1) is 5.82 Å². The second-order valence-corrected chi connectivity index (χ2v) is 4.76. The largest absolute Gasteiger partial charge is 0.204 e. The molecular weight excluding hydrogens is 210 g/mol. The number of hydrogen-bond acceptors (Lipinski definition) is 0. The molecule has 0 atom stereocenters. The Kier molecular flexibility index (Phi) is 2.88. The average molecular weight is 221 g/mol. The number of halogens is 3. The SMILES string of the molecule is CC(C)(C)c1ccc(Cl)c(F)c1Cl. The molecule has 1 aromatic rings. The van der Waals surface area contributed by atoms with Gasteiger partial charge in [0.25, 0.3) is 0 Å². The molecule has 0 aliphatic rings. The van der Waals surface area contributed by atoms with Gasteiger partial charge in [-0.25, -0.2) is 4.39 Å². The van der Waals surface area contributed by atoms with Gasteiger partial charge in [0.15, 0.2) is 5.82 Å². The molecule has 0 N–H and O–H groups in total. The lowest BCUT2D eigenvalue weighted by Gasteiger charge is -2.20. The zero-order valence-corrected chi connectivity index (χ0v) is 9.30. The van der Waals surface area contributed by atoms with Gasteiger partial charge in [0.05, 0.1) is 10.0 Å². The van der Waals surface area contributed by atoms with Gasteiger partial charge in [0.1, 0.15) is 0 Å². The van der Waals surface area contributed by atoms with Crippen molar-refractivity contribution in [3.05, 3.63) is 33.6 Å². The van der Waals surface area contributed by atoms with Gasteiger partial charge >= 0.3 is 0 Å². The van der Waals surface area contributed by atoms with E-state index in [2.05, 4.69) is 0 Å². The van der Waals surface area contributed by atoms with Gasteiger partial charge in [0, 0.05) is 0 Å². The van der Waals surface area contributed by atoms with E-state index in [0.717, 1.165) is 5.56 Å². The maximum absolute atomic E-state index is 13.3. The molecule has 1 aromatic carbocycles. The lowest BCUT2D eigenvalue weighted by molar-refractivity contribution is 0.573. The van der Waals surface area contributed by atoms with Crippen molar-refractivity contribution in [1.82, 2.24) is 0 Å². The zero-order valence-electron chi connectivity index (χ0n) is 7.79. The highest BCUT2D eigenvalue weighted by atomic mass is 35.5. The Morgan fingerprint density at radius 1 is 1.15 bits per heavy atom. The van der Waals surface area contributed by atoms with Crippen LogP contribution in [-0.2, 0) is 5.41 Å². The molecule has 0 amide bonds. The summed E-state index contributed by atoms with van der Waals surface area (Å²) in [7, 11) is 0. The number of benzene rings is 1. The molecular formula is C10H11Cl2F. The van der Waals surface area contributed by atoms with Crippen LogP contribution in [0.15, 0.2) is 12.1 Å². The summed E-state index contributed by atoms with van der Waals surface area (Å²) in [6.45, 7) is 5.92. The standard InChI is InChI=1S/C10H11Cl2F/c1-10(2,3)6-4-5-7(11)9(13)8(6)12/h4-5H,1-3H3. The van der Waals surface area contributed by atoms with Crippen LogP contribution >= 0.6 is 23.2 Å². The van der Waals surface area contributed by atoms with E-state index in [-0.39, 0.29) is 15.5 Å². The third-order valence-corrected chi connectivity index (χ3v) is 2.50. The van der Waals surface area contributed by atoms with Crippen LogP contribution in [0.4, 0.5) is 4.39 Å². The van der Waals surface area contributed by atoms with Gasteiger partial charge in [-0.3, -0.25) is 0 Å². The summed E-state index contributed by atoms with van der Waals surface area (Å²) >= 11 is 11.4. The van der Waals surface area contributed by atoms with Gasteiger partial charge in [0.2, 0.25) is 0 Å². The second kappa shape index (κ2) is 3.47. The molecule has 0 aliphatic heterocycles. The smallest absolute Gasteiger partial charge is 0.160 e. The topological polar surface area (TPSA) is 0 Å². The molecule has 0 fully saturated rings. The summed E-state index contributed by atoms with van der Waals surface area (Å²) in [6, 6.07) is 3.29. The Labute approximate surface area is 87.7 Å². The third kappa shape index (κ3) is 2.15. The van der Waals surface area contributed by atoms with Gasteiger partial charge in [-0.1, -0.05) is 50.0 Å². The van der Waals surface area contributed by atoms with Crippen LogP contribution in [0.2, 0.25) is 10.0 Å². The summed E-state index contributed by atoms with van der Waals surface area (Å²) in [5.41, 5.74) is 0.610. The Morgan fingerprint density at radius 2 is 1.69 bits per heavy atom. The van der Waals surface area contributed by atoms with E-state index < -0.39 is 5.82 Å². The Morgan fingerprint density at radius 3 is 2.15 bits per heavy atom. The van der Waals surface area contributed by atoms with Crippen molar-refractivity contribution in [2.45, 2.75) is 26.2 Å². The normalized spacial score (nSPS) is 11.8. The van der Waals surface area contributed by atoms with Crippen molar-refractivity contribution in [3.8, 4) is 0 Å². The van der Waals surface area contributed by atoms with Crippen molar-refractivity contribution in [1.29, 1.82) is 0 Å². The highest BCUT2D eigenvalue weighted by Crippen LogP contribution is 2.33. The molecule has 0 aliphatic carbocycles. The predicted molar refractivity (Wildman–Crippen MR) is 55.1 cm³/mol. The molecule has 0 radical (unpaired) electrons. The van der Waals surface area contributed by atoms with Crippen LogP contribution in [0.5, 0.6) is 0 Å². The van der Waals surface area contributed by atoms with Crippen molar-refractivity contribution >= 4 is 23.2 Å². The fourth-order valence-corrected chi connectivity index (χ4v) is 1.76. The van der Waals surface area contributed by atoms with Crippen LogP contribution in [-0.4, -0.2) is 0 Å². The summed E-state index contributed by atoms with van der Waals surface area (Å²) in [5, 5.41) is 0.193. The molecule has 0 saturated heterocycles. The third-order valence-electron chi connectivity index (χ3n) is 1.84. The monoisotopic (exact) mass is 220 g/mol. The fraction of sp³-hybridized carbons (Fsp3) is 0.400. The molecule has 1 rings (SSSR count). The minimum atomic E-state index is -0.532. The van der Waals surface area contributed by atoms with Crippen LogP contribution in [0.25, 0.3) is 0 Å². The Hall–Kier alpha value is -0.270. The summed E-state index contributed by atoms with van der Waals surface area (Å²) in [5.74, 6) is -0.532. The molecule has 72 valence electrons. The lowest BCUT2D eigenvalue weighted by atomic mass is 9.87. The van der Waals surface area contributed by atoms with E-state index in [0.29, 0.717) is 0 Å². The molecule has 0 spiro atoms. The Bertz CT molecular complexity index is 326. The Balaban J connectivity index is 3.35. The quantitative estimate of drug-likeness (QED) is 0.568. The lowest BCUT2D eigenvalue weighted by Crippen LogP contribution is -2.12. The molecule has 13 heavy (non-hydrogen) atoms. The second-order valence-electron chi connectivity index (χ2n) is 3.97. The van der Waals surface area contributed by atoms with Crippen LogP contribution in [0.1, 0.15) is 26.3 Å². The number of hydrogen-bond donors (Lipinski definition) is 0. The van der Waals surface area contributed by atoms with Crippen molar-refractivity contribution < 1.29 is 4.39 Å². The van der Waals surface area contributed by atoms with Crippen molar-refractivity contribution in [2.75, 3.05) is 0 Å².